The zero-order valence-electron chi connectivity index (χ0n) is 8.62. The summed E-state index contributed by atoms with van der Waals surface area (Å²) in [5.41, 5.74) is 7.70. The summed E-state index contributed by atoms with van der Waals surface area (Å²) in [5, 5.41) is 15.7. The fraction of sp³-hybridized carbons (Fsp3) is 0.889. The molecule has 0 saturated heterocycles. The van der Waals surface area contributed by atoms with Gasteiger partial charge in [0.25, 0.3) is 0 Å². The van der Waals surface area contributed by atoms with E-state index in [-0.39, 0.29) is 5.41 Å². The van der Waals surface area contributed by atoms with Gasteiger partial charge >= 0.3 is 0 Å². The van der Waals surface area contributed by atoms with Crippen LogP contribution in [0.3, 0.4) is 0 Å². The van der Waals surface area contributed by atoms with Gasteiger partial charge in [-0.15, -0.1) is 0 Å². The lowest BCUT2D eigenvalue weighted by molar-refractivity contribution is 0.299. The Morgan fingerprint density at radius 3 is 2.79 bits per heavy atom. The summed E-state index contributed by atoms with van der Waals surface area (Å²) in [4.78, 5) is 2.66. The minimum Gasteiger partial charge on any atom is -0.299 e. The summed E-state index contributed by atoms with van der Waals surface area (Å²) in [5.74, 6) is 0. The van der Waals surface area contributed by atoms with E-state index in [1.165, 1.54) is 0 Å². The van der Waals surface area contributed by atoms with Crippen molar-refractivity contribution in [1.82, 2.24) is 5.32 Å². The van der Waals surface area contributed by atoms with Crippen LogP contribution < -0.4 is 5.32 Å². The maximum atomic E-state index is 9.10. The minimum absolute atomic E-state index is 0.0953. The topological polar surface area (TPSA) is 84.6 Å². The molecule has 1 atom stereocenters. The Labute approximate surface area is 83.7 Å². The predicted molar refractivity (Wildman–Crippen MR) is 53.4 cm³/mol. The number of nitrogens with zero attached hydrogens (tertiary/aromatic N) is 4. The van der Waals surface area contributed by atoms with E-state index in [1.54, 1.807) is 0 Å². The van der Waals surface area contributed by atoms with E-state index in [1.807, 2.05) is 6.92 Å². The second-order valence-corrected chi connectivity index (χ2v) is 4.18. The van der Waals surface area contributed by atoms with Crippen LogP contribution in [0, 0.1) is 16.7 Å². The molecule has 14 heavy (non-hydrogen) atoms. The first-order chi connectivity index (χ1) is 6.58. The van der Waals surface area contributed by atoms with Crippen molar-refractivity contribution >= 4 is 0 Å². The van der Waals surface area contributed by atoms with Crippen molar-refractivity contribution in [1.29, 1.82) is 5.26 Å². The van der Waals surface area contributed by atoms with Crippen LogP contribution in [-0.4, -0.2) is 18.6 Å². The fourth-order valence-electron chi connectivity index (χ4n) is 1.48. The van der Waals surface area contributed by atoms with Gasteiger partial charge in [0.15, 0.2) is 0 Å². The highest BCUT2D eigenvalue weighted by Crippen LogP contribution is 2.53. The fourth-order valence-corrected chi connectivity index (χ4v) is 1.48. The van der Waals surface area contributed by atoms with E-state index in [0.29, 0.717) is 13.1 Å². The molecule has 0 radical (unpaired) electrons. The van der Waals surface area contributed by atoms with Gasteiger partial charge in [0.2, 0.25) is 0 Å². The first-order valence-corrected chi connectivity index (χ1v) is 4.75. The van der Waals surface area contributed by atoms with E-state index >= 15 is 0 Å². The first kappa shape index (κ1) is 10.8. The van der Waals surface area contributed by atoms with E-state index in [2.05, 4.69) is 28.3 Å². The molecule has 76 valence electrons. The first-order valence-electron chi connectivity index (χ1n) is 4.75. The molecular formula is C9H15N5. The third kappa shape index (κ3) is 1.98. The molecule has 0 aromatic heterocycles. The van der Waals surface area contributed by atoms with Crippen LogP contribution in [0.25, 0.3) is 10.4 Å². The molecule has 1 fully saturated rings. The summed E-state index contributed by atoms with van der Waals surface area (Å²) in [6, 6.07) is 2.31. The molecule has 5 nitrogen and oxygen atoms in total. The number of hydrogen-bond donors (Lipinski definition) is 1. The number of rotatable bonds is 5. The van der Waals surface area contributed by atoms with Crippen LogP contribution in [0.2, 0.25) is 0 Å². The van der Waals surface area contributed by atoms with E-state index in [0.717, 1.165) is 12.8 Å². The molecule has 0 bridgehead atoms. The smallest absolute Gasteiger partial charge is 0.109 e. The molecule has 1 N–H and O–H groups in total. The van der Waals surface area contributed by atoms with E-state index in [4.69, 9.17) is 10.8 Å². The monoisotopic (exact) mass is 193 g/mol. The number of nitrogens with one attached hydrogen (secondary N) is 1. The van der Waals surface area contributed by atoms with Gasteiger partial charge in [-0.05, 0) is 30.7 Å². The van der Waals surface area contributed by atoms with Crippen molar-refractivity contribution in [2.24, 2.45) is 10.5 Å². The highest BCUT2D eigenvalue weighted by molar-refractivity contribution is 5.19. The van der Waals surface area contributed by atoms with Gasteiger partial charge in [-0.25, -0.2) is 0 Å². The second kappa shape index (κ2) is 3.87. The quantitative estimate of drug-likeness (QED) is 0.313. The average Bonchev–Trinajstić information content (AvgIpc) is 2.92. The Balaban J connectivity index is 2.47. The Hall–Kier alpha value is -1.24. The van der Waals surface area contributed by atoms with Crippen molar-refractivity contribution < 1.29 is 0 Å². The molecule has 1 unspecified atom stereocenters. The van der Waals surface area contributed by atoms with Gasteiger partial charge in [-0.1, -0.05) is 12.0 Å². The maximum absolute atomic E-state index is 9.10. The molecule has 5 heteroatoms. The van der Waals surface area contributed by atoms with Gasteiger partial charge in [-0.3, -0.25) is 5.32 Å². The third-order valence-electron chi connectivity index (χ3n) is 3.18. The molecule has 0 heterocycles. The summed E-state index contributed by atoms with van der Waals surface area (Å²) in [7, 11) is 0. The van der Waals surface area contributed by atoms with Crippen molar-refractivity contribution in [2.45, 2.75) is 32.2 Å². The van der Waals surface area contributed by atoms with Crippen LogP contribution in [0.15, 0.2) is 5.11 Å². The molecule has 0 amide bonds. The molecule has 0 aromatic rings. The highest BCUT2D eigenvalue weighted by atomic mass is 15.1. The molecule has 1 aliphatic carbocycles. The second-order valence-electron chi connectivity index (χ2n) is 4.18. The number of nitriles is 1. The minimum atomic E-state index is -0.488. The Morgan fingerprint density at radius 2 is 2.36 bits per heavy atom. The van der Waals surface area contributed by atoms with Crippen LogP contribution >= 0.6 is 0 Å². The van der Waals surface area contributed by atoms with Crippen molar-refractivity contribution in [2.75, 3.05) is 13.1 Å². The van der Waals surface area contributed by atoms with Gasteiger partial charge < -0.3 is 0 Å². The Bertz CT molecular complexity index is 295. The molecule has 1 rings (SSSR count). The maximum Gasteiger partial charge on any atom is 0.109 e. The van der Waals surface area contributed by atoms with Gasteiger partial charge in [0, 0.05) is 18.0 Å². The number of hydrogen-bond acceptors (Lipinski definition) is 3. The van der Waals surface area contributed by atoms with Crippen LogP contribution in [0.4, 0.5) is 0 Å². The van der Waals surface area contributed by atoms with Crippen LogP contribution in [0.5, 0.6) is 0 Å². The van der Waals surface area contributed by atoms with E-state index in [9.17, 15) is 0 Å². The predicted octanol–water partition coefficient (Wildman–Crippen LogP) is 1.97. The molecule has 1 saturated carbocycles. The van der Waals surface area contributed by atoms with Crippen molar-refractivity contribution in [3.63, 3.8) is 0 Å². The van der Waals surface area contributed by atoms with E-state index < -0.39 is 5.54 Å². The lowest BCUT2D eigenvalue weighted by Crippen LogP contribution is -2.48. The van der Waals surface area contributed by atoms with Crippen LogP contribution in [-0.2, 0) is 0 Å². The number of azide groups is 1. The average molecular weight is 193 g/mol. The standard InChI is InChI=1S/C9H15N5/c1-8(3-4-8)9(2,7-10)12-5-6-13-14-11/h12H,3-6H2,1-2H3. The highest BCUT2D eigenvalue weighted by Gasteiger charge is 2.53. The van der Waals surface area contributed by atoms with Gasteiger partial charge in [0.1, 0.15) is 5.54 Å². The summed E-state index contributed by atoms with van der Waals surface area (Å²) < 4.78 is 0. The summed E-state index contributed by atoms with van der Waals surface area (Å²) in [6.45, 7) is 4.97. The summed E-state index contributed by atoms with van der Waals surface area (Å²) in [6.07, 6.45) is 2.18. The molecule has 0 spiro atoms. The van der Waals surface area contributed by atoms with Crippen LogP contribution in [0.1, 0.15) is 26.7 Å². The molecule has 1 aliphatic rings. The molecule has 0 aliphatic heterocycles. The Kier molecular flexibility index (Phi) is 3.00. The normalized spacial score (nSPS) is 21.5. The van der Waals surface area contributed by atoms with Gasteiger partial charge in [-0.2, -0.15) is 5.26 Å². The van der Waals surface area contributed by atoms with Gasteiger partial charge in [0.05, 0.1) is 6.07 Å². The van der Waals surface area contributed by atoms with Crippen molar-refractivity contribution in [3.05, 3.63) is 10.4 Å². The third-order valence-corrected chi connectivity index (χ3v) is 3.18. The molecule has 0 aromatic carbocycles. The zero-order chi connectivity index (χ0) is 10.7. The lowest BCUT2D eigenvalue weighted by atomic mass is 9.85. The largest absolute Gasteiger partial charge is 0.299 e. The lowest BCUT2D eigenvalue weighted by Gasteiger charge is -2.29. The molecular weight excluding hydrogens is 178 g/mol. The zero-order valence-corrected chi connectivity index (χ0v) is 8.62. The summed E-state index contributed by atoms with van der Waals surface area (Å²) >= 11 is 0. The SMILES string of the molecule is CC1(C(C)(C#N)NCCN=[N+]=[N-])CC1. The van der Waals surface area contributed by atoms with Crippen molar-refractivity contribution in [3.8, 4) is 6.07 Å². The Morgan fingerprint density at radius 1 is 1.71 bits per heavy atom.